The molecule has 0 aromatic heterocycles. The smallest absolute Gasteiger partial charge is 0.306 e. The van der Waals surface area contributed by atoms with E-state index in [-0.39, 0.29) is 18.8 Å². The molecule has 0 heterocycles. The molecule has 21 heavy (non-hydrogen) atoms. The number of methoxy groups -OCH3 is 1. The average Bonchev–Trinajstić information content (AvgIpc) is 2.41. The second kappa shape index (κ2) is 7.67. The molecule has 0 bridgehead atoms. The van der Waals surface area contributed by atoms with Gasteiger partial charge in [-0.25, -0.2) is 8.42 Å². The zero-order chi connectivity index (χ0) is 15.9. The van der Waals surface area contributed by atoms with Crippen molar-refractivity contribution in [3.8, 4) is 11.8 Å². The minimum Gasteiger partial charge on any atom is -0.469 e. The molecule has 2 N–H and O–H groups in total. The Balaban J connectivity index is 2.86. The van der Waals surface area contributed by atoms with Gasteiger partial charge in [-0.2, -0.15) is 0 Å². The SMILES string of the molecule is COC(=O)CCS(=O)(=O)Nc1cc(C)cc(C#CCO)c1. The van der Waals surface area contributed by atoms with Crippen molar-refractivity contribution < 1.29 is 23.1 Å². The Kier molecular flexibility index (Phi) is 6.21. The lowest BCUT2D eigenvalue weighted by Gasteiger charge is -2.09. The maximum atomic E-state index is 11.9. The van der Waals surface area contributed by atoms with E-state index in [1.165, 1.54) is 7.11 Å². The summed E-state index contributed by atoms with van der Waals surface area (Å²) in [5.74, 6) is 4.27. The number of benzene rings is 1. The van der Waals surface area contributed by atoms with Crippen LogP contribution in [-0.4, -0.2) is 39.0 Å². The van der Waals surface area contributed by atoms with Gasteiger partial charge in [-0.1, -0.05) is 11.8 Å². The molecule has 0 saturated heterocycles. The van der Waals surface area contributed by atoms with E-state index in [2.05, 4.69) is 21.3 Å². The van der Waals surface area contributed by atoms with Crippen LogP contribution in [0.2, 0.25) is 0 Å². The zero-order valence-electron chi connectivity index (χ0n) is 11.8. The Morgan fingerprint density at radius 2 is 2.10 bits per heavy atom. The molecule has 0 aliphatic carbocycles. The first-order valence-electron chi connectivity index (χ1n) is 6.15. The number of rotatable bonds is 5. The first-order chi connectivity index (χ1) is 9.86. The van der Waals surface area contributed by atoms with Gasteiger partial charge in [0.05, 0.1) is 19.3 Å². The summed E-state index contributed by atoms with van der Waals surface area (Å²) in [5, 5.41) is 8.67. The largest absolute Gasteiger partial charge is 0.469 e. The number of sulfonamides is 1. The second-order valence-electron chi connectivity index (χ2n) is 4.29. The molecule has 114 valence electrons. The molecule has 0 aliphatic heterocycles. The Hall–Kier alpha value is -2.04. The van der Waals surface area contributed by atoms with Gasteiger partial charge < -0.3 is 9.84 Å². The highest BCUT2D eigenvalue weighted by Crippen LogP contribution is 2.15. The van der Waals surface area contributed by atoms with Gasteiger partial charge >= 0.3 is 5.97 Å². The molecule has 1 aromatic carbocycles. The summed E-state index contributed by atoms with van der Waals surface area (Å²) in [6.07, 6.45) is -0.213. The van der Waals surface area contributed by atoms with Gasteiger partial charge in [0.15, 0.2) is 0 Å². The van der Waals surface area contributed by atoms with E-state index >= 15 is 0 Å². The van der Waals surface area contributed by atoms with Crippen LogP contribution < -0.4 is 4.72 Å². The summed E-state index contributed by atoms with van der Waals surface area (Å²) in [6, 6.07) is 4.99. The normalized spacial score (nSPS) is 10.4. The Morgan fingerprint density at radius 1 is 1.38 bits per heavy atom. The quantitative estimate of drug-likeness (QED) is 0.615. The van der Waals surface area contributed by atoms with Crippen molar-refractivity contribution in [2.24, 2.45) is 0 Å². The molecule has 0 aliphatic rings. The second-order valence-corrected chi connectivity index (χ2v) is 6.14. The predicted molar refractivity (Wildman–Crippen MR) is 79.2 cm³/mol. The third-order valence-corrected chi connectivity index (χ3v) is 3.75. The summed E-state index contributed by atoms with van der Waals surface area (Å²) < 4.78 is 30.5. The number of esters is 1. The minimum absolute atomic E-state index is 0.213. The molecule has 1 rings (SSSR count). The molecular weight excluding hydrogens is 294 g/mol. The van der Waals surface area contributed by atoms with E-state index < -0.39 is 16.0 Å². The topological polar surface area (TPSA) is 92.7 Å². The first-order valence-corrected chi connectivity index (χ1v) is 7.80. The standard InChI is InChI=1S/C14H17NO5S/c1-11-8-12(4-3-6-16)10-13(9-11)15-21(18,19)7-5-14(17)20-2/h8-10,15-16H,5-7H2,1-2H3. The van der Waals surface area contributed by atoms with Crippen LogP contribution in [-0.2, 0) is 19.6 Å². The van der Waals surface area contributed by atoms with E-state index in [9.17, 15) is 13.2 Å². The van der Waals surface area contributed by atoms with Gasteiger partial charge in [-0.05, 0) is 30.7 Å². The van der Waals surface area contributed by atoms with Gasteiger partial charge in [0.1, 0.15) is 6.61 Å². The number of hydrogen-bond donors (Lipinski definition) is 2. The number of aliphatic hydroxyl groups excluding tert-OH is 1. The third kappa shape index (κ3) is 6.29. The van der Waals surface area contributed by atoms with Crippen LogP contribution in [0.1, 0.15) is 17.5 Å². The van der Waals surface area contributed by atoms with Crippen molar-refractivity contribution in [1.29, 1.82) is 0 Å². The van der Waals surface area contributed by atoms with Crippen LogP contribution in [0.15, 0.2) is 18.2 Å². The lowest BCUT2D eigenvalue weighted by atomic mass is 10.1. The number of ether oxygens (including phenoxy) is 1. The van der Waals surface area contributed by atoms with Gasteiger partial charge in [0, 0.05) is 11.3 Å². The first kappa shape index (κ1) is 17.0. The molecule has 0 saturated carbocycles. The summed E-state index contributed by atoms with van der Waals surface area (Å²) in [5.41, 5.74) is 1.78. The van der Waals surface area contributed by atoms with Gasteiger partial charge in [0.2, 0.25) is 10.0 Å². The summed E-state index contributed by atoms with van der Waals surface area (Å²) in [6.45, 7) is 1.53. The van der Waals surface area contributed by atoms with Crippen molar-refractivity contribution in [3.05, 3.63) is 29.3 Å². The highest BCUT2D eigenvalue weighted by atomic mass is 32.2. The van der Waals surface area contributed by atoms with Crippen LogP contribution in [0, 0.1) is 18.8 Å². The molecule has 0 radical (unpaired) electrons. The van der Waals surface area contributed by atoms with E-state index in [4.69, 9.17) is 5.11 Å². The van der Waals surface area contributed by atoms with Crippen LogP contribution in [0.4, 0.5) is 5.69 Å². The monoisotopic (exact) mass is 311 g/mol. The maximum absolute atomic E-state index is 11.9. The molecule has 0 atom stereocenters. The van der Waals surface area contributed by atoms with Crippen molar-refractivity contribution in [3.63, 3.8) is 0 Å². The van der Waals surface area contributed by atoms with Crippen LogP contribution in [0.5, 0.6) is 0 Å². The summed E-state index contributed by atoms with van der Waals surface area (Å²) in [4.78, 5) is 11.0. The highest BCUT2D eigenvalue weighted by molar-refractivity contribution is 7.92. The molecule has 6 nitrogen and oxygen atoms in total. The summed E-state index contributed by atoms with van der Waals surface area (Å²) >= 11 is 0. The van der Waals surface area contributed by atoms with Gasteiger partial charge in [-0.3, -0.25) is 9.52 Å². The molecule has 0 unspecified atom stereocenters. The molecule has 0 amide bonds. The Bertz CT molecular complexity index is 670. The number of aryl methyl sites for hydroxylation is 1. The highest BCUT2D eigenvalue weighted by Gasteiger charge is 2.14. The number of hydrogen-bond acceptors (Lipinski definition) is 5. The number of carbonyl (C=O) groups is 1. The van der Waals surface area contributed by atoms with E-state index in [0.717, 1.165) is 5.56 Å². The molecule has 7 heteroatoms. The average molecular weight is 311 g/mol. The molecular formula is C14H17NO5S. The van der Waals surface area contributed by atoms with Crippen molar-refractivity contribution in [1.82, 2.24) is 0 Å². The lowest BCUT2D eigenvalue weighted by Crippen LogP contribution is -2.19. The molecule has 1 aromatic rings. The number of carbonyl (C=O) groups excluding carboxylic acids is 1. The number of aliphatic hydroxyl groups is 1. The molecule has 0 fully saturated rings. The fourth-order valence-electron chi connectivity index (χ4n) is 1.61. The van der Waals surface area contributed by atoms with Crippen molar-refractivity contribution >= 4 is 21.7 Å². The van der Waals surface area contributed by atoms with E-state index in [1.54, 1.807) is 25.1 Å². The molecule has 0 spiro atoms. The Morgan fingerprint density at radius 3 is 2.71 bits per heavy atom. The lowest BCUT2D eigenvalue weighted by molar-refractivity contribution is -0.140. The predicted octanol–water partition coefficient (Wildman–Crippen LogP) is 0.644. The van der Waals surface area contributed by atoms with E-state index in [0.29, 0.717) is 11.3 Å². The fraction of sp³-hybridized carbons (Fsp3) is 0.357. The maximum Gasteiger partial charge on any atom is 0.306 e. The van der Waals surface area contributed by atoms with E-state index in [1.807, 2.05) is 0 Å². The van der Waals surface area contributed by atoms with Gasteiger partial charge in [-0.15, -0.1) is 0 Å². The van der Waals surface area contributed by atoms with Crippen molar-refractivity contribution in [2.45, 2.75) is 13.3 Å². The minimum atomic E-state index is -3.64. The Labute approximate surface area is 124 Å². The number of anilines is 1. The van der Waals surface area contributed by atoms with Crippen LogP contribution >= 0.6 is 0 Å². The third-order valence-electron chi connectivity index (χ3n) is 2.47. The van der Waals surface area contributed by atoms with Crippen molar-refractivity contribution in [2.75, 3.05) is 24.2 Å². The van der Waals surface area contributed by atoms with Crippen LogP contribution in [0.3, 0.4) is 0 Å². The zero-order valence-corrected chi connectivity index (χ0v) is 12.7. The summed E-state index contributed by atoms with van der Waals surface area (Å²) in [7, 11) is -2.44. The fourth-order valence-corrected chi connectivity index (χ4v) is 2.62. The number of nitrogens with one attached hydrogen (secondary N) is 1. The van der Waals surface area contributed by atoms with Crippen LogP contribution in [0.25, 0.3) is 0 Å². The van der Waals surface area contributed by atoms with Gasteiger partial charge in [0.25, 0.3) is 0 Å².